The molecule has 0 saturated carbocycles. The summed E-state index contributed by atoms with van der Waals surface area (Å²) in [4.78, 5) is 10.9. The van der Waals surface area contributed by atoms with Crippen LogP contribution in [0.2, 0.25) is 0 Å². The van der Waals surface area contributed by atoms with Crippen molar-refractivity contribution >= 4 is 11.8 Å². The lowest BCUT2D eigenvalue weighted by atomic mass is 10.1. The van der Waals surface area contributed by atoms with Crippen LogP contribution >= 0.6 is 0 Å². The molecule has 1 aliphatic heterocycles. The molecule has 6 nitrogen and oxygen atoms in total. The average Bonchev–Trinajstić information content (AvgIpc) is 2.92. The number of rotatable bonds is 4. The number of nitrogens with zero attached hydrogens (tertiary/aromatic N) is 3. The van der Waals surface area contributed by atoms with Gasteiger partial charge in [0, 0.05) is 25.8 Å². The van der Waals surface area contributed by atoms with Gasteiger partial charge in [-0.2, -0.15) is 4.98 Å². The fourth-order valence-electron chi connectivity index (χ4n) is 1.85. The van der Waals surface area contributed by atoms with Crippen molar-refractivity contribution < 1.29 is 5.11 Å². The van der Waals surface area contributed by atoms with Gasteiger partial charge in [-0.1, -0.05) is 0 Å². The number of aliphatic hydroxyl groups is 1. The van der Waals surface area contributed by atoms with Gasteiger partial charge in [-0.15, -0.1) is 0 Å². The smallest absolute Gasteiger partial charge is 0.224 e. The Morgan fingerprint density at radius 3 is 2.58 bits per heavy atom. The molecular weight excluding hydrogens is 242 g/mol. The Balaban J connectivity index is 0.000000861. The van der Waals surface area contributed by atoms with Gasteiger partial charge in [-0.05, 0) is 39.8 Å². The van der Waals surface area contributed by atoms with E-state index in [2.05, 4.69) is 25.9 Å². The Bertz CT molecular complexity index is 372. The summed E-state index contributed by atoms with van der Waals surface area (Å²) in [5.41, 5.74) is 3.74. The van der Waals surface area contributed by atoms with E-state index in [0.29, 0.717) is 12.5 Å². The predicted octanol–water partition coefficient (Wildman–Crippen LogP) is 0.834. The van der Waals surface area contributed by atoms with Gasteiger partial charge in [0.1, 0.15) is 5.82 Å². The van der Waals surface area contributed by atoms with Crippen LogP contribution in [-0.4, -0.2) is 47.4 Å². The van der Waals surface area contributed by atoms with Crippen LogP contribution in [0.3, 0.4) is 0 Å². The lowest BCUT2D eigenvalue weighted by Gasteiger charge is -2.19. The highest BCUT2D eigenvalue weighted by Gasteiger charge is 2.15. The van der Waals surface area contributed by atoms with Crippen molar-refractivity contribution in [2.24, 2.45) is 5.73 Å². The quantitative estimate of drug-likeness (QED) is 0.749. The van der Waals surface area contributed by atoms with Gasteiger partial charge >= 0.3 is 0 Å². The standard InChI is InChI=1S/C12H20N4O.CH5N/c1-12(2,17)9-14-11-13-6-5-10(15-11)16-7-3-4-8-16;1-2/h5-6,17H,3-4,7-9H2,1-2H3,(H,13,14,15);2H2,1H3. The summed E-state index contributed by atoms with van der Waals surface area (Å²) in [7, 11) is 1.50. The summed E-state index contributed by atoms with van der Waals surface area (Å²) in [5.74, 6) is 1.55. The van der Waals surface area contributed by atoms with Crippen molar-refractivity contribution in [2.75, 3.05) is 36.9 Å². The third-order valence-corrected chi connectivity index (χ3v) is 2.75. The molecule has 2 rings (SSSR count). The second-order valence-corrected chi connectivity index (χ2v) is 5.10. The number of anilines is 2. The summed E-state index contributed by atoms with van der Waals surface area (Å²) in [6, 6.07) is 1.93. The minimum absolute atomic E-state index is 0.441. The summed E-state index contributed by atoms with van der Waals surface area (Å²) in [6.07, 6.45) is 4.22. The van der Waals surface area contributed by atoms with E-state index in [1.807, 2.05) is 6.07 Å². The van der Waals surface area contributed by atoms with Crippen molar-refractivity contribution in [2.45, 2.75) is 32.3 Å². The van der Waals surface area contributed by atoms with Crippen LogP contribution in [0.4, 0.5) is 11.8 Å². The molecule has 1 aromatic rings. The molecule has 0 aromatic carbocycles. The topological polar surface area (TPSA) is 87.3 Å². The maximum Gasteiger partial charge on any atom is 0.224 e. The van der Waals surface area contributed by atoms with Crippen LogP contribution in [0.5, 0.6) is 0 Å². The predicted molar refractivity (Wildman–Crippen MR) is 78.4 cm³/mol. The Morgan fingerprint density at radius 2 is 2.00 bits per heavy atom. The zero-order valence-corrected chi connectivity index (χ0v) is 12.1. The molecule has 1 aromatic heterocycles. The summed E-state index contributed by atoms with van der Waals surface area (Å²) >= 11 is 0. The SMILES string of the molecule is CC(C)(O)CNc1nccc(N2CCCC2)n1.CN. The molecule has 108 valence electrons. The third kappa shape index (κ3) is 5.40. The fourth-order valence-corrected chi connectivity index (χ4v) is 1.85. The van der Waals surface area contributed by atoms with E-state index in [1.165, 1.54) is 19.9 Å². The molecular formula is C13H25N5O. The zero-order chi connectivity index (χ0) is 14.3. The molecule has 1 aliphatic rings. The van der Waals surface area contributed by atoms with Gasteiger partial charge in [0.2, 0.25) is 5.95 Å². The van der Waals surface area contributed by atoms with Crippen molar-refractivity contribution in [3.63, 3.8) is 0 Å². The van der Waals surface area contributed by atoms with E-state index in [4.69, 9.17) is 0 Å². The van der Waals surface area contributed by atoms with Gasteiger partial charge in [-0.25, -0.2) is 4.98 Å². The lowest BCUT2D eigenvalue weighted by molar-refractivity contribution is 0.0943. The van der Waals surface area contributed by atoms with Gasteiger partial charge in [-0.3, -0.25) is 0 Å². The van der Waals surface area contributed by atoms with E-state index in [1.54, 1.807) is 20.0 Å². The first-order valence-electron chi connectivity index (χ1n) is 6.67. The number of nitrogens with one attached hydrogen (secondary N) is 1. The second-order valence-electron chi connectivity index (χ2n) is 5.10. The lowest BCUT2D eigenvalue weighted by Crippen LogP contribution is -2.30. The van der Waals surface area contributed by atoms with Crippen LogP contribution in [0.15, 0.2) is 12.3 Å². The monoisotopic (exact) mass is 267 g/mol. The Hall–Kier alpha value is -1.40. The summed E-state index contributed by atoms with van der Waals surface area (Å²) < 4.78 is 0. The van der Waals surface area contributed by atoms with Crippen molar-refractivity contribution in [3.05, 3.63) is 12.3 Å². The second kappa shape index (κ2) is 7.25. The van der Waals surface area contributed by atoms with Gasteiger partial charge < -0.3 is 21.1 Å². The molecule has 0 radical (unpaired) electrons. The maximum atomic E-state index is 9.63. The van der Waals surface area contributed by atoms with E-state index in [9.17, 15) is 5.11 Å². The molecule has 6 heteroatoms. The fraction of sp³-hybridized carbons (Fsp3) is 0.692. The molecule has 1 saturated heterocycles. The highest BCUT2D eigenvalue weighted by Crippen LogP contribution is 2.18. The molecule has 0 atom stereocenters. The van der Waals surface area contributed by atoms with Gasteiger partial charge in [0.25, 0.3) is 0 Å². The average molecular weight is 267 g/mol. The molecule has 0 amide bonds. The molecule has 4 N–H and O–H groups in total. The summed E-state index contributed by atoms with van der Waals surface area (Å²) in [6.45, 7) is 6.09. The molecule has 1 fully saturated rings. The van der Waals surface area contributed by atoms with E-state index in [-0.39, 0.29) is 0 Å². The van der Waals surface area contributed by atoms with Crippen LogP contribution < -0.4 is 16.0 Å². The Morgan fingerprint density at radius 1 is 1.37 bits per heavy atom. The van der Waals surface area contributed by atoms with Crippen LogP contribution in [-0.2, 0) is 0 Å². The normalized spacial score (nSPS) is 14.9. The number of nitrogens with two attached hydrogens (primary N) is 1. The highest BCUT2D eigenvalue weighted by molar-refractivity contribution is 5.43. The highest BCUT2D eigenvalue weighted by atomic mass is 16.3. The molecule has 19 heavy (non-hydrogen) atoms. The number of hydrogen-bond donors (Lipinski definition) is 3. The van der Waals surface area contributed by atoms with Crippen molar-refractivity contribution in [1.82, 2.24) is 9.97 Å². The molecule has 0 unspecified atom stereocenters. The minimum atomic E-state index is -0.757. The van der Waals surface area contributed by atoms with Gasteiger partial charge in [0.05, 0.1) is 5.60 Å². The minimum Gasteiger partial charge on any atom is -0.389 e. The third-order valence-electron chi connectivity index (χ3n) is 2.75. The zero-order valence-electron chi connectivity index (χ0n) is 12.1. The summed E-state index contributed by atoms with van der Waals surface area (Å²) in [5, 5.41) is 12.7. The first-order valence-corrected chi connectivity index (χ1v) is 6.67. The van der Waals surface area contributed by atoms with E-state index >= 15 is 0 Å². The Kier molecular flexibility index (Phi) is 5.98. The maximum absolute atomic E-state index is 9.63. The van der Waals surface area contributed by atoms with Gasteiger partial charge in [0.15, 0.2) is 0 Å². The molecule has 0 bridgehead atoms. The van der Waals surface area contributed by atoms with Crippen LogP contribution in [0, 0.1) is 0 Å². The van der Waals surface area contributed by atoms with E-state index in [0.717, 1.165) is 18.9 Å². The molecule has 0 spiro atoms. The van der Waals surface area contributed by atoms with Crippen molar-refractivity contribution in [3.8, 4) is 0 Å². The number of aromatic nitrogens is 2. The van der Waals surface area contributed by atoms with Crippen LogP contribution in [0.1, 0.15) is 26.7 Å². The van der Waals surface area contributed by atoms with E-state index < -0.39 is 5.60 Å². The largest absolute Gasteiger partial charge is 0.389 e. The molecule has 2 heterocycles. The van der Waals surface area contributed by atoms with Crippen molar-refractivity contribution in [1.29, 1.82) is 0 Å². The number of hydrogen-bond acceptors (Lipinski definition) is 6. The first kappa shape index (κ1) is 15.7. The molecule has 0 aliphatic carbocycles. The first-order chi connectivity index (χ1) is 9.04. The Labute approximate surface area is 115 Å². The van der Waals surface area contributed by atoms with Crippen LogP contribution in [0.25, 0.3) is 0 Å².